The number of hydrogen-bond acceptors (Lipinski definition) is 5. The molecule has 3 aromatic rings. The second-order valence-corrected chi connectivity index (χ2v) is 7.45. The van der Waals surface area contributed by atoms with Crippen LogP contribution in [0.1, 0.15) is 11.3 Å². The van der Waals surface area contributed by atoms with Crippen molar-refractivity contribution in [2.45, 2.75) is 20.0 Å². The fourth-order valence-corrected chi connectivity index (χ4v) is 3.23. The number of rotatable bonds is 6. The minimum absolute atomic E-state index is 0.130. The summed E-state index contributed by atoms with van der Waals surface area (Å²) in [6, 6.07) is 7.39. The van der Waals surface area contributed by atoms with Crippen LogP contribution in [-0.4, -0.2) is 30.4 Å². The minimum atomic E-state index is -0.595. The molecule has 2 heterocycles. The van der Waals surface area contributed by atoms with E-state index in [1.54, 1.807) is 23.9 Å². The number of carbonyl (C=O) groups excluding carboxylic acids is 1. The SMILES string of the molecule is Cc1c(Br)c([N+](=O)[O-])nn1CC(=O)Nc1cccc(Cn2cc(Br)cn2)c1. The third-order valence-electron chi connectivity index (χ3n) is 3.74. The number of halogens is 2. The molecule has 0 saturated heterocycles. The van der Waals surface area contributed by atoms with Crippen molar-refractivity contribution in [3.63, 3.8) is 0 Å². The lowest BCUT2D eigenvalue weighted by molar-refractivity contribution is -0.390. The van der Waals surface area contributed by atoms with Gasteiger partial charge in [0.05, 0.1) is 28.0 Å². The van der Waals surface area contributed by atoms with E-state index >= 15 is 0 Å². The predicted molar refractivity (Wildman–Crippen MR) is 105 cm³/mol. The zero-order valence-corrected chi connectivity index (χ0v) is 17.3. The van der Waals surface area contributed by atoms with Crippen LogP contribution in [0.25, 0.3) is 0 Å². The van der Waals surface area contributed by atoms with Crippen molar-refractivity contribution in [1.29, 1.82) is 0 Å². The summed E-state index contributed by atoms with van der Waals surface area (Å²) in [6.07, 6.45) is 3.56. The van der Waals surface area contributed by atoms with Crippen LogP contribution in [0.5, 0.6) is 0 Å². The first-order chi connectivity index (χ1) is 12.8. The molecule has 3 rings (SSSR count). The van der Waals surface area contributed by atoms with Gasteiger partial charge in [0.2, 0.25) is 5.91 Å². The first kappa shape index (κ1) is 19.2. The van der Waals surface area contributed by atoms with Crippen LogP contribution in [0.2, 0.25) is 0 Å². The van der Waals surface area contributed by atoms with Crippen LogP contribution >= 0.6 is 31.9 Å². The molecular weight excluding hydrogens is 484 g/mol. The Morgan fingerprint density at radius 3 is 2.78 bits per heavy atom. The van der Waals surface area contributed by atoms with E-state index in [9.17, 15) is 14.9 Å². The van der Waals surface area contributed by atoms with Crippen molar-refractivity contribution < 1.29 is 9.72 Å². The molecule has 140 valence electrons. The summed E-state index contributed by atoms with van der Waals surface area (Å²) in [5.41, 5.74) is 2.11. The summed E-state index contributed by atoms with van der Waals surface area (Å²) in [5.74, 6) is -0.644. The van der Waals surface area contributed by atoms with Gasteiger partial charge < -0.3 is 15.4 Å². The number of nitrogens with zero attached hydrogens (tertiary/aromatic N) is 5. The number of nitrogens with one attached hydrogen (secondary N) is 1. The van der Waals surface area contributed by atoms with Gasteiger partial charge in [-0.3, -0.25) is 9.48 Å². The Morgan fingerprint density at radius 1 is 1.37 bits per heavy atom. The Morgan fingerprint density at radius 2 is 2.15 bits per heavy atom. The van der Waals surface area contributed by atoms with Crippen molar-refractivity contribution in [3.05, 3.63) is 67.0 Å². The third kappa shape index (κ3) is 4.61. The number of anilines is 1. The van der Waals surface area contributed by atoms with E-state index in [1.807, 2.05) is 24.4 Å². The molecule has 11 heteroatoms. The highest BCUT2D eigenvalue weighted by molar-refractivity contribution is 9.10. The highest BCUT2D eigenvalue weighted by Gasteiger charge is 2.24. The van der Waals surface area contributed by atoms with Crippen LogP contribution in [0.4, 0.5) is 11.5 Å². The molecule has 0 fully saturated rings. The molecule has 0 spiro atoms. The van der Waals surface area contributed by atoms with Gasteiger partial charge in [0.1, 0.15) is 11.0 Å². The van der Waals surface area contributed by atoms with Crippen LogP contribution < -0.4 is 5.32 Å². The van der Waals surface area contributed by atoms with Gasteiger partial charge in [0, 0.05) is 11.9 Å². The standard InChI is InChI=1S/C16H14Br2N6O3/c1-10-15(18)16(24(26)27)21-23(10)9-14(25)20-13-4-2-3-11(5-13)7-22-8-12(17)6-19-22/h2-6,8H,7,9H2,1H3,(H,20,25). The van der Waals surface area contributed by atoms with E-state index in [4.69, 9.17) is 0 Å². The summed E-state index contributed by atoms with van der Waals surface area (Å²) in [4.78, 5) is 22.7. The lowest BCUT2D eigenvalue weighted by Gasteiger charge is -2.07. The fourth-order valence-electron chi connectivity index (χ4n) is 2.47. The zero-order chi connectivity index (χ0) is 19.6. The predicted octanol–water partition coefficient (Wildman–Crippen LogP) is 3.51. The summed E-state index contributed by atoms with van der Waals surface area (Å²) in [7, 11) is 0. The van der Waals surface area contributed by atoms with E-state index in [2.05, 4.69) is 47.4 Å². The maximum atomic E-state index is 12.3. The van der Waals surface area contributed by atoms with E-state index < -0.39 is 4.92 Å². The second-order valence-electron chi connectivity index (χ2n) is 5.74. The number of aromatic nitrogens is 4. The van der Waals surface area contributed by atoms with Gasteiger partial charge in [-0.2, -0.15) is 9.78 Å². The molecule has 2 aromatic heterocycles. The number of hydrogen-bond donors (Lipinski definition) is 1. The molecule has 0 aliphatic carbocycles. The summed E-state index contributed by atoms with van der Waals surface area (Å²) in [6.45, 7) is 2.08. The molecule has 1 amide bonds. The van der Waals surface area contributed by atoms with Crippen molar-refractivity contribution >= 4 is 49.3 Å². The van der Waals surface area contributed by atoms with E-state index in [0.717, 1.165) is 10.0 Å². The van der Waals surface area contributed by atoms with E-state index in [1.165, 1.54) is 4.68 Å². The van der Waals surface area contributed by atoms with Crippen LogP contribution in [-0.2, 0) is 17.9 Å². The zero-order valence-electron chi connectivity index (χ0n) is 14.1. The molecule has 0 radical (unpaired) electrons. The molecule has 1 N–H and O–H groups in total. The molecule has 27 heavy (non-hydrogen) atoms. The number of carbonyl (C=O) groups is 1. The third-order valence-corrected chi connectivity index (χ3v) is 5.08. The Labute approximate surface area is 170 Å². The quantitative estimate of drug-likeness (QED) is 0.414. The summed E-state index contributed by atoms with van der Waals surface area (Å²) >= 11 is 6.48. The Hall–Kier alpha value is -2.53. The number of amides is 1. The summed E-state index contributed by atoms with van der Waals surface area (Å²) in [5, 5.41) is 21.8. The molecule has 9 nitrogen and oxygen atoms in total. The average molecular weight is 498 g/mol. The first-order valence-electron chi connectivity index (χ1n) is 7.77. The Balaban J connectivity index is 1.68. The van der Waals surface area contributed by atoms with Crippen LogP contribution in [0, 0.1) is 17.0 Å². The van der Waals surface area contributed by atoms with E-state index in [-0.39, 0.29) is 22.7 Å². The van der Waals surface area contributed by atoms with E-state index in [0.29, 0.717) is 17.9 Å². The van der Waals surface area contributed by atoms with Gasteiger partial charge in [-0.1, -0.05) is 12.1 Å². The highest BCUT2D eigenvalue weighted by atomic mass is 79.9. The van der Waals surface area contributed by atoms with Crippen molar-refractivity contribution in [3.8, 4) is 0 Å². The van der Waals surface area contributed by atoms with Crippen molar-refractivity contribution in [2.75, 3.05) is 5.32 Å². The fraction of sp³-hybridized carbons (Fsp3) is 0.188. The topological polar surface area (TPSA) is 108 Å². The van der Waals surface area contributed by atoms with Gasteiger partial charge in [0.15, 0.2) is 0 Å². The Kier molecular flexibility index (Phi) is 5.71. The molecule has 0 saturated carbocycles. The first-order valence-corrected chi connectivity index (χ1v) is 9.36. The maximum Gasteiger partial charge on any atom is 0.404 e. The van der Waals surface area contributed by atoms with Gasteiger partial charge >= 0.3 is 5.82 Å². The average Bonchev–Trinajstić information content (AvgIpc) is 3.13. The highest BCUT2D eigenvalue weighted by Crippen LogP contribution is 2.26. The molecule has 0 aliphatic heterocycles. The summed E-state index contributed by atoms with van der Waals surface area (Å²) < 4.78 is 4.23. The normalized spacial score (nSPS) is 10.8. The second kappa shape index (κ2) is 8.01. The molecule has 1 aromatic carbocycles. The van der Waals surface area contributed by atoms with Gasteiger partial charge in [-0.05, 0) is 61.4 Å². The smallest absolute Gasteiger partial charge is 0.358 e. The van der Waals surface area contributed by atoms with Gasteiger partial charge in [0.25, 0.3) is 0 Å². The number of benzene rings is 1. The molecule has 0 aliphatic rings. The monoisotopic (exact) mass is 496 g/mol. The minimum Gasteiger partial charge on any atom is -0.358 e. The lowest BCUT2D eigenvalue weighted by Crippen LogP contribution is -2.20. The molecule has 0 atom stereocenters. The van der Waals surface area contributed by atoms with Crippen molar-refractivity contribution in [2.24, 2.45) is 0 Å². The molecule has 0 bridgehead atoms. The van der Waals surface area contributed by atoms with Crippen molar-refractivity contribution in [1.82, 2.24) is 19.6 Å². The molecular formula is C16H14Br2N6O3. The van der Waals surface area contributed by atoms with Gasteiger partial charge in [-0.25, -0.2) is 0 Å². The maximum absolute atomic E-state index is 12.3. The number of nitro groups is 1. The van der Waals surface area contributed by atoms with Crippen LogP contribution in [0.15, 0.2) is 45.6 Å². The lowest BCUT2D eigenvalue weighted by atomic mass is 10.2. The Bertz CT molecular complexity index is 1010. The molecule has 0 unspecified atom stereocenters. The largest absolute Gasteiger partial charge is 0.404 e. The van der Waals surface area contributed by atoms with Crippen LogP contribution in [0.3, 0.4) is 0 Å². The van der Waals surface area contributed by atoms with Gasteiger partial charge in [-0.15, -0.1) is 0 Å².